The van der Waals surface area contributed by atoms with Crippen LogP contribution in [-0.2, 0) is 9.59 Å². The highest BCUT2D eigenvalue weighted by Crippen LogP contribution is 2.37. The number of amides is 2. The van der Waals surface area contributed by atoms with Crippen LogP contribution < -0.4 is 15.1 Å². The normalized spacial score (nSPS) is 13.7. The van der Waals surface area contributed by atoms with E-state index < -0.39 is 5.91 Å². The van der Waals surface area contributed by atoms with Crippen molar-refractivity contribution < 1.29 is 9.59 Å². The van der Waals surface area contributed by atoms with Crippen molar-refractivity contribution in [1.82, 2.24) is 0 Å². The Morgan fingerprint density at radius 2 is 1.58 bits per heavy atom. The van der Waals surface area contributed by atoms with E-state index in [1.54, 1.807) is 25.1 Å². The summed E-state index contributed by atoms with van der Waals surface area (Å²) in [5, 5.41) is 3.73. The van der Waals surface area contributed by atoms with Crippen LogP contribution in [0.4, 0.5) is 17.1 Å². The molecule has 0 aliphatic carbocycles. The molecule has 33 heavy (non-hydrogen) atoms. The van der Waals surface area contributed by atoms with E-state index >= 15 is 0 Å². The van der Waals surface area contributed by atoms with E-state index in [0.29, 0.717) is 21.8 Å². The van der Waals surface area contributed by atoms with Crippen LogP contribution in [0.25, 0.3) is 5.57 Å². The smallest absolute Gasteiger partial charge is 0.282 e. The molecule has 5 nitrogen and oxygen atoms in total. The Labute approximate surface area is 199 Å². The van der Waals surface area contributed by atoms with E-state index in [1.807, 2.05) is 75.3 Å². The summed E-state index contributed by atoms with van der Waals surface area (Å²) in [6.45, 7) is 5.75. The van der Waals surface area contributed by atoms with Gasteiger partial charge in [0.15, 0.2) is 0 Å². The third-order valence-corrected chi connectivity index (χ3v) is 6.28. The molecule has 1 aliphatic heterocycles. The van der Waals surface area contributed by atoms with Crippen LogP contribution in [-0.4, -0.2) is 25.9 Å². The molecule has 4 rings (SSSR count). The van der Waals surface area contributed by atoms with Gasteiger partial charge in [-0.05, 0) is 73.9 Å². The lowest BCUT2D eigenvalue weighted by Crippen LogP contribution is -2.33. The van der Waals surface area contributed by atoms with Gasteiger partial charge in [0.1, 0.15) is 5.70 Å². The van der Waals surface area contributed by atoms with Crippen molar-refractivity contribution in [3.63, 3.8) is 0 Å². The van der Waals surface area contributed by atoms with Gasteiger partial charge in [0.25, 0.3) is 11.8 Å². The first-order valence-electron chi connectivity index (χ1n) is 10.7. The SMILES string of the molecule is Cc1ccc(C2=C(Nc3ccc(N(C)C)cc3)C(=O)N(c3cccc(Cl)c3C)C2=O)c(C)c1. The summed E-state index contributed by atoms with van der Waals surface area (Å²) in [6, 6.07) is 18.8. The van der Waals surface area contributed by atoms with Crippen molar-refractivity contribution in [3.8, 4) is 0 Å². The standard InChI is InChI=1S/C27H26ClN3O2/c1-16-9-14-21(17(2)15-16)24-25(29-19-10-12-20(13-11-19)30(4)5)27(33)31(26(24)32)23-8-6-7-22(28)18(23)3/h6-15,29H,1-5H3. The number of hydrogen-bond donors (Lipinski definition) is 1. The van der Waals surface area contributed by atoms with Gasteiger partial charge in [-0.1, -0.05) is 41.4 Å². The van der Waals surface area contributed by atoms with Crippen LogP contribution in [0.15, 0.2) is 66.4 Å². The average molecular weight is 460 g/mol. The molecule has 6 heteroatoms. The van der Waals surface area contributed by atoms with Gasteiger partial charge >= 0.3 is 0 Å². The van der Waals surface area contributed by atoms with Gasteiger partial charge in [0, 0.05) is 30.5 Å². The summed E-state index contributed by atoms with van der Waals surface area (Å²) < 4.78 is 0. The number of nitrogens with zero attached hydrogens (tertiary/aromatic N) is 2. The molecule has 0 radical (unpaired) electrons. The van der Waals surface area contributed by atoms with Gasteiger partial charge in [0.2, 0.25) is 0 Å². The zero-order valence-corrected chi connectivity index (χ0v) is 20.1. The molecule has 3 aromatic carbocycles. The fourth-order valence-electron chi connectivity index (χ4n) is 4.03. The number of hydrogen-bond acceptors (Lipinski definition) is 4. The third kappa shape index (κ3) is 4.12. The molecular weight excluding hydrogens is 434 g/mol. The second-order valence-electron chi connectivity index (χ2n) is 8.46. The first kappa shape index (κ1) is 22.6. The Bertz CT molecular complexity index is 1290. The van der Waals surface area contributed by atoms with Crippen molar-refractivity contribution in [1.29, 1.82) is 0 Å². The van der Waals surface area contributed by atoms with E-state index in [0.717, 1.165) is 28.1 Å². The molecule has 0 saturated heterocycles. The number of nitrogens with one attached hydrogen (secondary N) is 1. The van der Waals surface area contributed by atoms with Crippen molar-refractivity contribution in [2.75, 3.05) is 29.2 Å². The minimum atomic E-state index is -0.406. The average Bonchev–Trinajstić information content (AvgIpc) is 3.00. The lowest BCUT2D eigenvalue weighted by Gasteiger charge is -2.18. The predicted molar refractivity (Wildman–Crippen MR) is 136 cm³/mol. The van der Waals surface area contributed by atoms with Crippen LogP contribution >= 0.6 is 11.6 Å². The second-order valence-corrected chi connectivity index (χ2v) is 8.87. The number of benzene rings is 3. The number of halogens is 1. The van der Waals surface area contributed by atoms with Gasteiger partial charge in [-0.3, -0.25) is 9.59 Å². The van der Waals surface area contributed by atoms with Crippen LogP contribution in [0.2, 0.25) is 5.02 Å². The van der Waals surface area contributed by atoms with Gasteiger partial charge in [0.05, 0.1) is 11.3 Å². The van der Waals surface area contributed by atoms with Crippen LogP contribution in [0, 0.1) is 20.8 Å². The molecular formula is C27H26ClN3O2. The molecule has 1 aliphatic rings. The quantitative estimate of drug-likeness (QED) is 0.495. The third-order valence-electron chi connectivity index (χ3n) is 5.87. The molecule has 1 heterocycles. The minimum absolute atomic E-state index is 0.254. The van der Waals surface area contributed by atoms with Crippen molar-refractivity contribution in [2.24, 2.45) is 0 Å². The number of carbonyl (C=O) groups excluding carboxylic acids is 2. The summed E-state index contributed by atoms with van der Waals surface area (Å²) in [4.78, 5) is 30.6. The number of anilines is 3. The van der Waals surface area contributed by atoms with E-state index in [4.69, 9.17) is 11.6 Å². The van der Waals surface area contributed by atoms with E-state index in [1.165, 1.54) is 4.90 Å². The van der Waals surface area contributed by atoms with E-state index in [9.17, 15) is 9.59 Å². The van der Waals surface area contributed by atoms with Crippen LogP contribution in [0.3, 0.4) is 0 Å². The molecule has 0 fully saturated rings. The topological polar surface area (TPSA) is 52.7 Å². The van der Waals surface area contributed by atoms with Gasteiger partial charge in [-0.2, -0.15) is 0 Å². The molecule has 2 amide bonds. The Morgan fingerprint density at radius 1 is 0.879 bits per heavy atom. The largest absolute Gasteiger partial charge is 0.378 e. The monoisotopic (exact) mass is 459 g/mol. The molecule has 0 bridgehead atoms. The van der Waals surface area contributed by atoms with Gasteiger partial charge < -0.3 is 10.2 Å². The summed E-state index contributed by atoms with van der Waals surface area (Å²) in [5.41, 5.74) is 6.28. The number of carbonyl (C=O) groups is 2. The summed E-state index contributed by atoms with van der Waals surface area (Å²) >= 11 is 6.31. The second kappa shape index (κ2) is 8.75. The predicted octanol–water partition coefficient (Wildman–Crippen LogP) is 5.73. The van der Waals surface area contributed by atoms with Crippen molar-refractivity contribution in [3.05, 3.63) is 93.6 Å². The van der Waals surface area contributed by atoms with Crippen molar-refractivity contribution in [2.45, 2.75) is 20.8 Å². The highest BCUT2D eigenvalue weighted by Gasteiger charge is 2.41. The zero-order chi connectivity index (χ0) is 23.9. The summed E-state index contributed by atoms with van der Waals surface area (Å²) in [6.07, 6.45) is 0. The highest BCUT2D eigenvalue weighted by atomic mass is 35.5. The summed E-state index contributed by atoms with van der Waals surface area (Å²) in [7, 11) is 3.93. The minimum Gasteiger partial charge on any atom is -0.378 e. The molecule has 168 valence electrons. The number of rotatable bonds is 5. The fourth-order valence-corrected chi connectivity index (χ4v) is 4.20. The van der Waals surface area contributed by atoms with Crippen LogP contribution in [0.1, 0.15) is 22.3 Å². The fraction of sp³-hybridized carbons (Fsp3) is 0.185. The highest BCUT2D eigenvalue weighted by molar-refractivity contribution is 6.46. The Morgan fingerprint density at radius 3 is 2.21 bits per heavy atom. The molecule has 0 spiro atoms. The lowest BCUT2D eigenvalue weighted by molar-refractivity contribution is -0.120. The molecule has 3 aromatic rings. The van der Waals surface area contributed by atoms with Crippen LogP contribution in [0.5, 0.6) is 0 Å². The molecule has 1 N–H and O–H groups in total. The Balaban J connectivity index is 1.85. The molecule has 0 saturated carbocycles. The molecule has 0 atom stereocenters. The number of imide groups is 1. The van der Waals surface area contributed by atoms with Gasteiger partial charge in [-0.25, -0.2) is 4.90 Å². The maximum absolute atomic E-state index is 13.7. The zero-order valence-electron chi connectivity index (χ0n) is 19.4. The number of aryl methyl sites for hydroxylation is 2. The lowest BCUT2D eigenvalue weighted by atomic mass is 9.97. The van der Waals surface area contributed by atoms with Gasteiger partial charge in [-0.15, -0.1) is 0 Å². The first-order valence-corrected chi connectivity index (χ1v) is 11.1. The van der Waals surface area contributed by atoms with Crippen molar-refractivity contribution >= 4 is 46.1 Å². The van der Waals surface area contributed by atoms with E-state index in [2.05, 4.69) is 5.32 Å². The molecule has 0 unspecified atom stereocenters. The Kier molecular flexibility index (Phi) is 6.00. The maximum Gasteiger partial charge on any atom is 0.282 e. The van der Waals surface area contributed by atoms with E-state index in [-0.39, 0.29) is 11.6 Å². The maximum atomic E-state index is 13.7. The summed E-state index contributed by atoms with van der Waals surface area (Å²) in [5.74, 6) is -0.776. The first-order chi connectivity index (χ1) is 15.7. The molecule has 0 aromatic heterocycles. The Hall–Kier alpha value is -3.57.